The highest BCUT2D eigenvalue weighted by molar-refractivity contribution is 4.45. The Labute approximate surface area is 103 Å². The third-order valence-electron chi connectivity index (χ3n) is 2.43. The Morgan fingerprint density at radius 1 is 0.688 bits per heavy atom. The number of unbranched alkanes of at least 4 members (excludes halogenated alkanes) is 5. The van der Waals surface area contributed by atoms with E-state index in [0.717, 1.165) is 6.42 Å². The predicted octanol–water partition coefficient (Wildman–Crippen LogP) is 3.74. The first-order valence-electron chi connectivity index (χ1n) is 7.14. The molecule has 0 aliphatic rings. The van der Waals surface area contributed by atoms with E-state index in [-0.39, 0.29) is 0 Å². The van der Waals surface area contributed by atoms with Gasteiger partial charge in [-0.3, -0.25) is 0 Å². The number of hydrogen-bond acceptors (Lipinski definition) is 2. The topological polar surface area (TPSA) is 32.3 Å². The normalized spacial score (nSPS) is 9.75. The van der Waals surface area contributed by atoms with Crippen LogP contribution >= 0.6 is 0 Å². The maximum atomic E-state index is 8.29. The first kappa shape index (κ1) is 18.3. The predicted molar refractivity (Wildman–Crippen MR) is 73.9 cm³/mol. The lowest BCUT2D eigenvalue weighted by molar-refractivity contribution is 0.283. The summed E-state index contributed by atoms with van der Waals surface area (Å²) >= 11 is 0. The van der Waals surface area contributed by atoms with Gasteiger partial charge in [0.15, 0.2) is 0 Å². The van der Waals surface area contributed by atoms with Gasteiger partial charge in [0.1, 0.15) is 0 Å². The maximum Gasteiger partial charge on any atom is 0.0431 e. The molecule has 0 aromatic heterocycles. The summed E-state index contributed by atoms with van der Waals surface area (Å²) in [5, 5.41) is 11.7. The second-order valence-electron chi connectivity index (χ2n) is 4.24. The van der Waals surface area contributed by atoms with E-state index in [4.69, 9.17) is 5.11 Å². The van der Waals surface area contributed by atoms with Crippen LogP contribution in [0, 0.1) is 0 Å². The molecular formula is C14H33NO. The molecule has 0 saturated heterocycles. The second kappa shape index (κ2) is 20.3. The number of aliphatic hydroxyl groups is 1. The molecule has 0 aromatic rings. The molecule has 0 aliphatic carbocycles. The van der Waals surface area contributed by atoms with Gasteiger partial charge < -0.3 is 10.4 Å². The SMILES string of the molecule is CCCCCCO.CCCCNCCCC. The Morgan fingerprint density at radius 2 is 1.19 bits per heavy atom. The minimum atomic E-state index is 0.361. The van der Waals surface area contributed by atoms with Crippen LogP contribution in [0.4, 0.5) is 0 Å². The van der Waals surface area contributed by atoms with Crippen molar-refractivity contribution >= 4 is 0 Å². The van der Waals surface area contributed by atoms with E-state index in [2.05, 4.69) is 26.1 Å². The van der Waals surface area contributed by atoms with Crippen molar-refractivity contribution in [2.45, 2.75) is 72.1 Å². The average molecular weight is 231 g/mol. The van der Waals surface area contributed by atoms with E-state index in [9.17, 15) is 0 Å². The minimum Gasteiger partial charge on any atom is -0.396 e. The highest BCUT2D eigenvalue weighted by Gasteiger charge is 1.83. The molecule has 100 valence electrons. The van der Waals surface area contributed by atoms with Gasteiger partial charge in [0.05, 0.1) is 0 Å². The lowest BCUT2D eigenvalue weighted by Gasteiger charge is -1.99. The van der Waals surface area contributed by atoms with E-state index in [0.29, 0.717) is 6.61 Å². The molecule has 2 heteroatoms. The Hall–Kier alpha value is -0.0800. The summed E-state index contributed by atoms with van der Waals surface area (Å²) < 4.78 is 0. The summed E-state index contributed by atoms with van der Waals surface area (Å²) in [7, 11) is 0. The molecule has 0 radical (unpaired) electrons. The molecule has 2 nitrogen and oxygen atoms in total. The fourth-order valence-electron chi connectivity index (χ4n) is 1.27. The first-order chi connectivity index (χ1) is 7.83. The minimum absolute atomic E-state index is 0.361. The molecule has 0 heterocycles. The lowest BCUT2D eigenvalue weighted by Crippen LogP contribution is -2.15. The molecule has 0 atom stereocenters. The van der Waals surface area contributed by atoms with Gasteiger partial charge >= 0.3 is 0 Å². The molecular weight excluding hydrogens is 198 g/mol. The maximum absolute atomic E-state index is 8.29. The Morgan fingerprint density at radius 3 is 1.56 bits per heavy atom. The van der Waals surface area contributed by atoms with Crippen molar-refractivity contribution in [3.05, 3.63) is 0 Å². The van der Waals surface area contributed by atoms with Gasteiger partial charge in [0, 0.05) is 6.61 Å². The van der Waals surface area contributed by atoms with Gasteiger partial charge in [-0.1, -0.05) is 52.9 Å². The number of hydrogen-bond donors (Lipinski definition) is 2. The quantitative estimate of drug-likeness (QED) is 0.561. The fraction of sp³-hybridized carbons (Fsp3) is 1.00. The summed E-state index contributed by atoms with van der Waals surface area (Å²) in [6, 6.07) is 0. The molecule has 0 aromatic carbocycles. The van der Waals surface area contributed by atoms with Crippen LogP contribution in [-0.4, -0.2) is 24.8 Å². The van der Waals surface area contributed by atoms with E-state index < -0.39 is 0 Å². The van der Waals surface area contributed by atoms with Gasteiger partial charge in [-0.2, -0.15) is 0 Å². The smallest absolute Gasteiger partial charge is 0.0431 e. The van der Waals surface area contributed by atoms with Gasteiger partial charge in [-0.15, -0.1) is 0 Å². The van der Waals surface area contributed by atoms with E-state index in [1.807, 2.05) is 0 Å². The van der Waals surface area contributed by atoms with Gasteiger partial charge in [-0.25, -0.2) is 0 Å². The van der Waals surface area contributed by atoms with Gasteiger partial charge in [0.25, 0.3) is 0 Å². The Kier molecular flexibility index (Phi) is 23.3. The monoisotopic (exact) mass is 231 g/mol. The van der Waals surface area contributed by atoms with E-state index in [1.54, 1.807) is 0 Å². The largest absolute Gasteiger partial charge is 0.396 e. The molecule has 2 N–H and O–H groups in total. The summed E-state index contributed by atoms with van der Waals surface area (Å²) in [5.74, 6) is 0. The zero-order valence-electron chi connectivity index (χ0n) is 11.7. The van der Waals surface area contributed by atoms with Crippen molar-refractivity contribution in [1.29, 1.82) is 0 Å². The summed E-state index contributed by atoms with van der Waals surface area (Å²) in [6.07, 6.45) is 9.94. The van der Waals surface area contributed by atoms with Crippen molar-refractivity contribution in [2.24, 2.45) is 0 Å². The molecule has 0 fully saturated rings. The second-order valence-corrected chi connectivity index (χ2v) is 4.24. The van der Waals surface area contributed by atoms with Crippen LogP contribution in [0.25, 0.3) is 0 Å². The fourth-order valence-corrected chi connectivity index (χ4v) is 1.27. The van der Waals surface area contributed by atoms with Crippen LogP contribution in [-0.2, 0) is 0 Å². The van der Waals surface area contributed by atoms with Crippen LogP contribution in [0.1, 0.15) is 72.1 Å². The third-order valence-corrected chi connectivity index (χ3v) is 2.43. The molecule has 0 spiro atoms. The summed E-state index contributed by atoms with van der Waals surface area (Å²) in [5.41, 5.74) is 0. The van der Waals surface area contributed by atoms with Gasteiger partial charge in [-0.05, 0) is 32.4 Å². The number of nitrogens with one attached hydrogen (secondary N) is 1. The van der Waals surface area contributed by atoms with E-state index >= 15 is 0 Å². The lowest BCUT2D eigenvalue weighted by atomic mass is 10.2. The number of aliphatic hydroxyl groups excluding tert-OH is 1. The van der Waals surface area contributed by atoms with Crippen molar-refractivity contribution in [3.8, 4) is 0 Å². The highest BCUT2D eigenvalue weighted by atomic mass is 16.2. The standard InChI is InChI=1S/C8H19N.C6H14O/c1-3-5-7-9-8-6-4-2;1-2-3-4-5-6-7/h9H,3-8H2,1-2H3;7H,2-6H2,1H3. The average Bonchev–Trinajstić information content (AvgIpc) is 2.31. The van der Waals surface area contributed by atoms with Crippen LogP contribution < -0.4 is 5.32 Å². The molecule has 0 saturated carbocycles. The Bertz CT molecular complexity index is 86.7. The molecule has 0 aliphatic heterocycles. The van der Waals surface area contributed by atoms with E-state index in [1.165, 1.54) is 58.0 Å². The van der Waals surface area contributed by atoms with Crippen molar-refractivity contribution in [1.82, 2.24) is 5.32 Å². The molecule has 0 bridgehead atoms. The highest BCUT2D eigenvalue weighted by Crippen LogP contribution is 1.96. The Balaban J connectivity index is 0. The zero-order valence-corrected chi connectivity index (χ0v) is 11.7. The van der Waals surface area contributed by atoms with Crippen LogP contribution in [0.3, 0.4) is 0 Å². The zero-order chi connectivity index (χ0) is 12.5. The van der Waals surface area contributed by atoms with Crippen LogP contribution in [0.5, 0.6) is 0 Å². The summed E-state index contributed by atoms with van der Waals surface area (Å²) in [4.78, 5) is 0. The van der Waals surface area contributed by atoms with Crippen LogP contribution in [0.15, 0.2) is 0 Å². The van der Waals surface area contributed by atoms with Gasteiger partial charge in [0.2, 0.25) is 0 Å². The van der Waals surface area contributed by atoms with Crippen molar-refractivity contribution in [2.75, 3.05) is 19.7 Å². The molecule has 0 amide bonds. The van der Waals surface area contributed by atoms with Crippen molar-refractivity contribution in [3.63, 3.8) is 0 Å². The summed E-state index contributed by atoms with van der Waals surface area (Å²) in [6.45, 7) is 9.38. The first-order valence-corrected chi connectivity index (χ1v) is 7.14. The molecule has 0 unspecified atom stereocenters. The molecule has 0 rings (SSSR count). The third kappa shape index (κ3) is 23.6. The number of rotatable bonds is 10. The van der Waals surface area contributed by atoms with Crippen molar-refractivity contribution < 1.29 is 5.11 Å². The van der Waals surface area contributed by atoms with Crippen LogP contribution in [0.2, 0.25) is 0 Å². The molecule has 16 heavy (non-hydrogen) atoms.